The molecule has 0 radical (unpaired) electrons. The van der Waals surface area contributed by atoms with Crippen molar-refractivity contribution in [3.63, 3.8) is 0 Å². The first-order valence-corrected chi connectivity index (χ1v) is 7.82. The summed E-state index contributed by atoms with van der Waals surface area (Å²) in [5.74, 6) is 1.18. The molecule has 1 fully saturated rings. The van der Waals surface area contributed by atoms with Crippen molar-refractivity contribution in [2.75, 3.05) is 13.1 Å². The summed E-state index contributed by atoms with van der Waals surface area (Å²) in [4.78, 5) is 13.7. The minimum Gasteiger partial charge on any atom is -0.347 e. The Morgan fingerprint density at radius 3 is 2.43 bits per heavy atom. The number of likely N-dealkylation sites (tertiary alicyclic amines) is 1. The molecule has 1 amide bonds. The van der Waals surface area contributed by atoms with Crippen molar-refractivity contribution in [3.05, 3.63) is 35.6 Å². The van der Waals surface area contributed by atoms with E-state index >= 15 is 0 Å². The molecule has 1 aliphatic heterocycles. The van der Waals surface area contributed by atoms with Crippen LogP contribution in [0, 0.1) is 17.7 Å². The Morgan fingerprint density at radius 2 is 1.86 bits per heavy atom. The van der Waals surface area contributed by atoms with E-state index in [1.807, 2.05) is 6.92 Å². The van der Waals surface area contributed by atoms with E-state index in [1.165, 1.54) is 23.5 Å². The van der Waals surface area contributed by atoms with E-state index in [1.54, 1.807) is 12.1 Å². The third-order valence-corrected chi connectivity index (χ3v) is 4.41. The van der Waals surface area contributed by atoms with Gasteiger partial charge in [0, 0.05) is 18.4 Å². The van der Waals surface area contributed by atoms with Gasteiger partial charge < -0.3 is 10.2 Å². The molecule has 4 atom stereocenters. The fourth-order valence-corrected chi connectivity index (χ4v) is 3.32. The van der Waals surface area contributed by atoms with Gasteiger partial charge in [-0.15, -0.1) is 0 Å². The molecule has 0 aliphatic carbocycles. The lowest BCUT2D eigenvalue weighted by Crippen LogP contribution is -3.18. The molecule has 116 valence electrons. The van der Waals surface area contributed by atoms with Gasteiger partial charge in [0.2, 0.25) is 0 Å². The summed E-state index contributed by atoms with van der Waals surface area (Å²) in [5, 5.41) is 2.96. The average molecular weight is 293 g/mol. The van der Waals surface area contributed by atoms with E-state index < -0.39 is 0 Å². The highest BCUT2D eigenvalue weighted by Gasteiger charge is 2.32. The molecule has 1 aromatic rings. The molecule has 2 rings (SSSR count). The van der Waals surface area contributed by atoms with Gasteiger partial charge in [-0.3, -0.25) is 4.79 Å². The highest BCUT2D eigenvalue weighted by molar-refractivity contribution is 5.79. The molecule has 0 aromatic heterocycles. The summed E-state index contributed by atoms with van der Waals surface area (Å²) in [6.07, 6.45) is 1.26. The molecule has 2 N–H and O–H groups in total. The number of halogens is 1. The van der Waals surface area contributed by atoms with Crippen molar-refractivity contribution in [2.24, 2.45) is 11.8 Å². The maximum atomic E-state index is 12.8. The standard InChI is InChI=1S/C17H25FN2O/c1-12-8-13(2)11-20(10-12)14(3)17(21)19-9-15-4-6-16(18)7-5-15/h4-7,12-14H,8-11H2,1-3H3,(H,19,21)/p+1/t12-,13+,14-/m0/s1. The Morgan fingerprint density at radius 1 is 1.29 bits per heavy atom. The third kappa shape index (κ3) is 4.53. The van der Waals surface area contributed by atoms with Gasteiger partial charge in [-0.2, -0.15) is 0 Å². The highest BCUT2D eigenvalue weighted by atomic mass is 19.1. The van der Waals surface area contributed by atoms with Gasteiger partial charge in [0.15, 0.2) is 6.04 Å². The van der Waals surface area contributed by atoms with Crippen LogP contribution in [-0.2, 0) is 11.3 Å². The summed E-state index contributed by atoms with van der Waals surface area (Å²) < 4.78 is 12.8. The van der Waals surface area contributed by atoms with Gasteiger partial charge >= 0.3 is 0 Å². The number of quaternary nitrogens is 1. The Hall–Kier alpha value is -1.42. The number of hydrogen-bond donors (Lipinski definition) is 2. The SMILES string of the molecule is C[C@@H]1C[C@H](C)C[NH+]([C@@H](C)C(=O)NCc2ccc(F)cc2)C1. The fraction of sp³-hybridized carbons (Fsp3) is 0.588. The van der Waals surface area contributed by atoms with Crippen molar-refractivity contribution < 1.29 is 14.1 Å². The number of hydrogen-bond acceptors (Lipinski definition) is 1. The predicted molar refractivity (Wildman–Crippen MR) is 81.4 cm³/mol. The van der Waals surface area contributed by atoms with E-state index in [0.29, 0.717) is 18.4 Å². The molecule has 21 heavy (non-hydrogen) atoms. The van der Waals surface area contributed by atoms with Crippen LogP contribution in [0.1, 0.15) is 32.8 Å². The van der Waals surface area contributed by atoms with Gasteiger partial charge in [0.05, 0.1) is 13.1 Å². The molecule has 4 heteroatoms. The van der Waals surface area contributed by atoms with Crippen LogP contribution in [0.3, 0.4) is 0 Å². The summed E-state index contributed by atoms with van der Waals surface area (Å²) in [6.45, 7) is 9.12. The van der Waals surface area contributed by atoms with Crippen LogP contribution >= 0.6 is 0 Å². The molecule has 3 nitrogen and oxygen atoms in total. The summed E-state index contributed by atoms with van der Waals surface area (Å²) in [5.41, 5.74) is 0.923. The van der Waals surface area contributed by atoms with Crippen molar-refractivity contribution in [3.8, 4) is 0 Å². The Labute approximate surface area is 126 Å². The molecule has 1 saturated heterocycles. The minimum atomic E-state index is -0.251. The zero-order chi connectivity index (χ0) is 15.4. The molecular formula is C17H26FN2O+. The quantitative estimate of drug-likeness (QED) is 0.864. The first-order chi connectivity index (χ1) is 9.95. The first-order valence-electron chi connectivity index (χ1n) is 7.82. The van der Waals surface area contributed by atoms with Gasteiger partial charge in [-0.25, -0.2) is 4.39 Å². The molecule has 1 heterocycles. The lowest BCUT2D eigenvalue weighted by Gasteiger charge is -2.35. The van der Waals surface area contributed by atoms with Crippen LogP contribution in [0.5, 0.6) is 0 Å². The number of carbonyl (C=O) groups excluding carboxylic acids is 1. The van der Waals surface area contributed by atoms with Crippen LogP contribution in [0.15, 0.2) is 24.3 Å². The second-order valence-corrected chi connectivity index (χ2v) is 6.58. The van der Waals surface area contributed by atoms with Gasteiger partial charge in [0.1, 0.15) is 5.82 Å². The van der Waals surface area contributed by atoms with E-state index in [9.17, 15) is 9.18 Å². The van der Waals surface area contributed by atoms with E-state index in [4.69, 9.17) is 0 Å². The van der Waals surface area contributed by atoms with Crippen molar-refractivity contribution in [1.29, 1.82) is 0 Å². The average Bonchev–Trinajstić information content (AvgIpc) is 2.44. The maximum absolute atomic E-state index is 12.8. The van der Waals surface area contributed by atoms with Gasteiger partial charge in [0.25, 0.3) is 5.91 Å². The number of benzene rings is 1. The Bertz CT molecular complexity index is 464. The van der Waals surface area contributed by atoms with Crippen LogP contribution in [0.4, 0.5) is 4.39 Å². The minimum absolute atomic E-state index is 0.0318. The summed E-state index contributed by atoms with van der Waals surface area (Å²) in [7, 11) is 0. The monoisotopic (exact) mass is 293 g/mol. The highest BCUT2D eigenvalue weighted by Crippen LogP contribution is 2.12. The number of rotatable bonds is 4. The Kier molecular flexibility index (Phi) is 5.34. The maximum Gasteiger partial charge on any atom is 0.278 e. The molecule has 0 bridgehead atoms. The van der Waals surface area contributed by atoms with E-state index in [-0.39, 0.29) is 17.8 Å². The summed E-state index contributed by atoms with van der Waals surface area (Å²) in [6, 6.07) is 6.22. The second kappa shape index (κ2) is 7.03. The van der Waals surface area contributed by atoms with Gasteiger partial charge in [-0.05, 0) is 31.0 Å². The lowest BCUT2D eigenvalue weighted by atomic mass is 9.91. The summed E-state index contributed by atoms with van der Waals surface area (Å²) >= 11 is 0. The largest absolute Gasteiger partial charge is 0.347 e. The van der Waals surface area contributed by atoms with Gasteiger partial charge in [-0.1, -0.05) is 26.0 Å². The molecule has 0 spiro atoms. The number of amides is 1. The molecule has 1 aromatic carbocycles. The Balaban J connectivity index is 1.86. The van der Waals surface area contributed by atoms with Crippen LogP contribution < -0.4 is 10.2 Å². The van der Waals surface area contributed by atoms with Crippen LogP contribution in [0.25, 0.3) is 0 Å². The number of piperidine rings is 1. The van der Waals surface area contributed by atoms with Crippen molar-refractivity contribution in [1.82, 2.24) is 5.32 Å². The fourth-order valence-electron chi connectivity index (χ4n) is 3.32. The predicted octanol–water partition coefficient (Wildman–Crippen LogP) is 1.39. The smallest absolute Gasteiger partial charge is 0.278 e. The normalized spacial score (nSPS) is 27.1. The molecule has 0 saturated carbocycles. The zero-order valence-electron chi connectivity index (χ0n) is 13.2. The number of carbonyl (C=O) groups is 1. The van der Waals surface area contributed by atoms with Crippen LogP contribution in [-0.4, -0.2) is 25.0 Å². The molecular weight excluding hydrogens is 267 g/mol. The topological polar surface area (TPSA) is 33.5 Å². The zero-order valence-corrected chi connectivity index (χ0v) is 13.2. The van der Waals surface area contributed by atoms with Crippen molar-refractivity contribution >= 4 is 5.91 Å². The molecule has 1 unspecified atom stereocenters. The van der Waals surface area contributed by atoms with E-state index in [2.05, 4.69) is 19.2 Å². The number of nitrogens with one attached hydrogen (secondary N) is 2. The molecule has 1 aliphatic rings. The first kappa shape index (κ1) is 16.0. The van der Waals surface area contributed by atoms with Crippen molar-refractivity contribution in [2.45, 2.75) is 39.8 Å². The lowest BCUT2D eigenvalue weighted by molar-refractivity contribution is -0.925. The van der Waals surface area contributed by atoms with Crippen LogP contribution in [0.2, 0.25) is 0 Å². The second-order valence-electron chi connectivity index (χ2n) is 6.58. The van der Waals surface area contributed by atoms with E-state index in [0.717, 1.165) is 18.7 Å². The third-order valence-electron chi connectivity index (χ3n) is 4.41.